The molecule has 0 aliphatic rings. The van der Waals surface area contributed by atoms with Crippen molar-refractivity contribution in [3.05, 3.63) is 0 Å². The van der Waals surface area contributed by atoms with Gasteiger partial charge in [0.15, 0.2) is 0 Å². The van der Waals surface area contributed by atoms with Crippen LogP contribution in [0, 0.1) is 0 Å². The quantitative estimate of drug-likeness (QED) is 0.603. The third-order valence-corrected chi connectivity index (χ3v) is 4.35. The summed E-state index contributed by atoms with van der Waals surface area (Å²) in [6, 6.07) is 0. The SMILES string of the molecule is CCCCCC(=O)O.C[CH2][Sn][CH2]C. The Kier molecular flexibility index (Phi) is 17.9. The fraction of sp³-hybridized carbons (Fsp3) is 0.900. The minimum atomic E-state index is -0.682. The molecule has 0 unspecified atom stereocenters. The van der Waals surface area contributed by atoms with E-state index in [1.54, 1.807) is 0 Å². The molecule has 0 rings (SSSR count). The van der Waals surface area contributed by atoms with Crippen molar-refractivity contribution in [3.63, 3.8) is 0 Å². The monoisotopic (exact) mass is 294 g/mol. The Labute approximate surface area is 92.3 Å². The van der Waals surface area contributed by atoms with Gasteiger partial charge < -0.3 is 5.11 Å². The zero-order chi connectivity index (χ0) is 10.5. The Morgan fingerprint density at radius 1 is 1.15 bits per heavy atom. The van der Waals surface area contributed by atoms with Crippen LogP contribution in [-0.4, -0.2) is 32.2 Å². The van der Waals surface area contributed by atoms with Crippen molar-refractivity contribution in [2.75, 3.05) is 0 Å². The summed E-state index contributed by atoms with van der Waals surface area (Å²) in [6.07, 6.45) is 3.28. The number of carboxylic acids is 1. The Hall–Kier alpha value is 0.269. The second kappa shape index (κ2) is 14.8. The molecule has 0 aromatic heterocycles. The molecule has 0 aromatic carbocycles. The van der Waals surface area contributed by atoms with Gasteiger partial charge in [-0.1, -0.05) is 19.8 Å². The molecule has 2 radical (unpaired) electrons. The van der Waals surface area contributed by atoms with Gasteiger partial charge in [-0.05, 0) is 6.42 Å². The summed E-state index contributed by atoms with van der Waals surface area (Å²) in [7, 11) is 0. The summed E-state index contributed by atoms with van der Waals surface area (Å²) in [6.45, 7) is 6.63. The molecule has 0 aromatic rings. The van der Waals surface area contributed by atoms with Crippen molar-refractivity contribution < 1.29 is 9.90 Å². The summed E-state index contributed by atoms with van der Waals surface area (Å²) < 4.78 is 3.03. The summed E-state index contributed by atoms with van der Waals surface area (Å²) in [5.74, 6) is -0.682. The average molecular weight is 293 g/mol. The Morgan fingerprint density at radius 2 is 1.69 bits per heavy atom. The second-order valence-corrected chi connectivity index (χ2v) is 8.27. The zero-order valence-electron chi connectivity index (χ0n) is 9.10. The van der Waals surface area contributed by atoms with Gasteiger partial charge in [0.1, 0.15) is 0 Å². The standard InChI is InChI=1S/C6H12O2.2C2H5.Sn/c1-2-3-4-5-6(7)8;2*1-2;/h2-5H2,1H3,(H,7,8);2*1H2,2H3;. The van der Waals surface area contributed by atoms with Crippen LogP contribution in [0.25, 0.3) is 0 Å². The van der Waals surface area contributed by atoms with E-state index in [1.165, 1.54) is 8.87 Å². The van der Waals surface area contributed by atoms with Gasteiger partial charge in [0.2, 0.25) is 0 Å². The first-order valence-electron chi connectivity index (χ1n) is 5.11. The number of unbranched alkanes of at least 4 members (excludes halogenated alkanes) is 2. The third kappa shape index (κ3) is 24.5. The van der Waals surface area contributed by atoms with Crippen LogP contribution in [0.1, 0.15) is 46.5 Å². The topological polar surface area (TPSA) is 37.3 Å². The maximum atomic E-state index is 9.87. The van der Waals surface area contributed by atoms with Gasteiger partial charge in [-0.3, -0.25) is 4.79 Å². The summed E-state index contributed by atoms with van der Waals surface area (Å²) in [5.41, 5.74) is 0. The number of carboxylic acid groups (broad SMARTS) is 1. The van der Waals surface area contributed by atoms with Gasteiger partial charge in [0, 0.05) is 6.42 Å². The number of hydrogen-bond acceptors (Lipinski definition) is 1. The molecule has 13 heavy (non-hydrogen) atoms. The summed E-state index contributed by atoms with van der Waals surface area (Å²) >= 11 is 0.218. The maximum absolute atomic E-state index is 9.87. The molecule has 0 saturated carbocycles. The van der Waals surface area contributed by atoms with Gasteiger partial charge in [0.05, 0.1) is 0 Å². The minimum absolute atomic E-state index is 0.218. The molecular weight excluding hydrogens is 271 g/mol. The van der Waals surface area contributed by atoms with Crippen LogP contribution in [0.4, 0.5) is 0 Å². The summed E-state index contributed by atoms with van der Waals surface area (Å²) in [5, 5.41) is 8.14. The van der Waals surface area contributed by atoms with Crippen molar-refractivity contribution in [2.45, 2.75) is 55.3 Å². The molecule has 0 spiro atoms. The van der Waals surface area contributed by atoms with E-state index in [0.29, 0.717) is 6.42 Å². The van der Waals surface area contributed by atoms with Crippen LogP contribution in [0.5, 0.6) is 0 Å². The first-order valence-corrected chi connectivity index (χ1v) is 9.15. The van der Waals surface area contributed by atoms with E-state index in [1.807, 2.05) is 0 Å². The van der Waals surface area contributed by atoms with Crippen molar-refractivity contribution in [3.8, 4) is 0 Å². The average Bonchev–Trinajstić information content (AvgIpc) is 2.07. The van der Waals surface area contributed by atoms with Crippen LogP contribution >= 0.6 is 0 Å². The van der Waals surface area contributed by atoms with Crippen LogP contribution < -0.4 is 0 Å². The fourth-order valence-corrected chi connectivity index (χ4v) is 2.20. The molecule has 0 aliphatic heterocycles. The third-order valence-electron chi connectivity index (χ3n) is 1.49. The Balaban J connectivity index is 0. The van der Waals surface area contributed by atoms with Gasteiger partial charge in [0.25, 0.3) is 0 Å². The number of hydrogen-bond donors (Lipinski definition) is 1. The molecule has 1 N–H and O–H groups in total. The molecule has 78 valence electrons. The van der Waals surface area contributed by atoms with Crippen molar-refractivity contribution in [2.24, 2.45) is 0 Å². The molecule has 0 bridgehead atoms. The van der Waals surface area contributed by atoms with E-state index in [0.717, 1.165) is 19.3 Å². The number of carbonyl (C=O) groups is 1. The zero-order valence-corrected chi connectivity index (χ0v) is 12.0. The number of aliphatic carboxylic acids is 1. The molecule has 0 aliphatic carbocycles. The van der Waals surface area contributed by atoms with Crippen LogP contribution in [0.15, 0.2) is 0 Å². The molecule has 2 nitrogen and oxygen atoms in total. The van der Waals surface area contributed by atoms with Crippen molar-refractivity contribution in [1.29, 1.82) is 0 Å². The molecular formula is C10H22O2Sn. The Morgan fingerprint density at radius 3 is 1.92 bits per heavy atom. The molecule has 0 heterocycles. The first-order chi connectivity index (χ1) is 6.18. The first kappa shape index (κ1) is 15.7. The molecule has 3 heteroatoms. The predicted molar refractivity (Wildman–Crippen MR) is 58.5 cm³/mol. The molecule has 0 fully saturated rings. The van der Waals surface area contributed by atoms with E-state index >= 15 is 0 Å². The van der Waals surface area contributed by atoms with E-state index in [9.17, 15) is 4.79 Å². The van der Waals surface area contributed by atoms with Crippen molar-refractivity contribution in [1.82, 2.24) is 0 Å². The normalized spacial score (nSPS) is 8.85. The van der Waals surface area contributed by atoms with E-state index in [-0.39, 0.29) is 21.1 Å². The van der Waals surface area contributed by atoms with Gasteiger partial charge in [-0.2, -0.15) is 0 Å². The van der Waals surface area contributed by atoms with Gasteiger partial charge in [-0.15, -0.1) is 0 Å². The van der Waals surface area contributed by atoms with E-state index in [4.69, 9.17) is 5.11 Å². The summed E-state index contributed by atoms with van der Waals surface area (Å²) in [4.78, 5) is 9.87. The van der Waals surface area contributed by atoms with E-state index in [2.05, 4.69) is 20.8 Å². The Bertz CT molecular complexity index is 103. The van der Waals surface area contributed by atoms with Crippen molar-refractivity contribution >= 4 is 27.1 Å². The molecule has 0 atom stereocenters. The van der Waals surface area contributed by atoms with Crippen LogP contribution in [0.3, 0.4) is 0 Å². The second-order valence-electron chi connectivity index (χ2n) is 2.81. The van der Waals surface area contributed by atoms with Gasteiger partial charge >= 0.3 is 49.8 Å². The fourth-order valence-electron chi connectivity index (χ4n) is 0.776. The van der Waals surface area contributed by atoms with Crippen LogP contribution in [0.2, 0.25) is 8.87 Å². The van der Waals surface area contributed by atoms with Gasteiger partial charge in [-0.25, -0.2) is 0 Å². The van der Waals surface area contributed by atoms with Crippen LogP contribution in [-0.2, 0) is 4.79 Å². The molecule has 0 saturated heterocycles. The van der Waals surface area contributed by atoms with E-state index < -0.39 is 5.97 Å². The number of rotatable bonds is 6. The molecule has 0 amide bonds. The predicted octanol–water partition coefficient (Wildman–Crippen LogP) is 3.22.